The van der Waals surface area contributed by atoms with Crippen LogP contribution in [0.25, 0.3) is 0 Å². The molecule has 0 aliphatic carbocycles. The van der Waals surface area contributed by atoms with Crippen LogP contribution in [0.2, 0.25) is 0 Å². The molecule has 1 aliphatic heterocycles. The molecular weight excluding hydrogens is 759 g/mol. The lowest BCUT2D eigenvalue weighted by atomic mass is 10.0. The predicted molar refractivity (Wildman–Crippen MR) is 288 cm³/mol. The van der Waals surface area contributed by atoms with Crippen LogP contribution in [0.4, 0.5) is 0 Å². The lowest BCUT2D eigenvalue weighted by Crippen LogP contribution is -1.89. The van der Waals surface area contributed by atoms with Gasteiger partial charge in [0.05, 0.1) is 5.70 Å². The van der Waals surface area contributed by atoms with Crippen molar-refractivity contribution in [3.8, 4) is 0 Å². The number of allylic oxidation sites excluding steroid dienone is 6. The quantitative estimate of drug-likeness (QED) is 0.0541. The zero-order valence-corrected chi connectivity index (χ0v) is 43.7. The standard InChI is InChI=1S/C62H116N/c1-3-5-7-9-11-13-15-17-19-21-23-25-27-29-31-33-35-37-39-41-43-45-47-49-51-53-55-57-61-59-60-63-62(61)58-56-54-52-50-48-46-44-42-40-38-36-34-32-30-28-26-24-22-20-18-16-14-12-10-8-6-4-2/h55-60H,3-54H2,1-2H3. The van der Waals surface area contributed by atoms with E-state index in [-0.39, 0.29) is 0 Å². The summed E-state index contributed by atoms with van der Waals surface area (Å²) in [6, 6.07) is 0. The second-order valence-corrected chi connectivity index (χ2v) is 20.6. The van der Waals surface area contributed by atoms with Crippen molar-refractivity contribution in [2.24, 2.45) is 0 Å². The molecule has 1 heterocycles. The SMILES string of the molecule is CCCCCCCCCCCCCCCCCCCCCCCCCCCC=CC1=C(C=CCCCCCCCCCCCCCCCCCCCCCCCCCCC)[N]C=C1. The summed E-state index contributed by atoms with van der Waals surface area (Å²) in [5.41, 5.74) is 2.45. The highest BCUT2D eigenvalue weighted by molar-refractivity contribution is 5.44. The van der Waals surface area contributed by atoms with Gasteiger partial charge in [0, 0.05) is 11.8 Å². The fourth-order valence-electron chi connectivity index (χ4n) is 9.85. The summed E-state index contributed by atoms with van der Waals surface area (Å²) in [4.78, 5) is 0. The molecule has 0 bridgehead atoms. The summed E-state index contributed by atoms with van der Waals surface area (Å²) in [6.07, 6.45) is 88.6. The van der Waals surface area contributed by atoms with Gasteiger partial charge in [-0.1, -0.05) is 340 Å². The van der Waals surface area contributed by atoms with Crippen LogP contribution in [0.15, 0.2) is 47.9 Å². The van der Waals surface area contributed by atoms with Crippen LogP contribution in [0.3, 0.4) is 0 Å². The van der Waals surface area contributed by atoms with Gasteiger partial charge in [-0.3, -0.25) is 5.32 Å². The monoisotopic (exact) mass is 875 g/mol. The first-order valence-electron chi connectivity index (χ1n) is 29.8. The largest absolute Gasteiger partial charge is 0.256 e. The van der Waals surface area contributed by atoms with Crippen LogP contribution in [-0.4, -0.2) is 0 Å². The van der Waals surface area contributed by atoms with Crippen molar-refractivity contribution in [2.75, 3.05) is 0 Å². The molecule has 0 atom stereocenters. The van der Waals surface area contributed by atoms with Crippen LogP contribution in [0.5, 0.6) is 0 Å². The molecule has 0 aromatic heterocycles. The minimum atomic E-state index is 1.15. The Kier molecular flexibility index (Phi) is 50.6. The maximum Gasteiger partial charge on any atom is 0.0699 e. The second kappa shape index (κ2) is 53.4. The van der Waals surface area contributed by atoms with E-state index in [4.69, 9.17) is 0 Å². The molecule has 0 N–H and O–H groups in total. The molecule has 1 nitrogen and oxygen atoms in total. The number of hydrogen-bond acceptors (Lipinski definition) is 0. The van der Waals surface area contributed by atoms with Crippen molar-refractivity contribution in [1.82, 2.24) is 5.32 Å². The van der Waals surface area contributed by atoms with E-state index < -0.39 is 0 Å². The minimum absolute atomic E-state index is 1.15. The van der Waals surface area contributed by atoms with Gasteiger partial charge in [-0.15, -0.1) is 0 Å². The van der Waals surface area contributed by atoms with Gasteiger partial charge >= 0.3 is 0 Å². The minimum Gasteiger partial charge on any atom is -0.256 e. The maximum absolute atomic E-state index is 4.63. The van der Waals surface area contributed by atoms with Crippen LogP contribution >= 0.6 is 0 Å². The van der Waals surface area contributed by atoms with Crippen LogP contribution in [0, 0.1) is 0 Å². The van der Waals surface area contributed by atoms with E-state index in [1.54, 1.807) is 0 Å². The average Bonchev–Trinajstić information content (AvgIpc) is 3.75. The van der Waals surface area contributed by atoms with Gasteiger partial charge < -0.3 is 0 Å². The molecule has 1 aliphatic rings. The third kappa shape index (κ3) is 47.1. The van der Waals surface area contributed by atoms with E-state index in [2.05, 4.69) is 49.5 Å². The molecule has 1 rings (SSSR count). The molecule has 1 radical (unpaired) electrons. The fraction of sp³-hybridized carbons (Fsp3) is 0.871. The first-order valence-corrected chi connectivity index (χ1v) is 29.8. The van der Waals surface area contributed by atoms with Crippen molar-refractivity contribution >= 4 is 0 Å². The first-order chi connectivity index (χ1) is 31.4. The lowest BCUT2D eigenvalue weighted by Gasteiger charge is -2.04. The highest BCUT2D eigenvalue weighted by atomic mass is 14.9. The summed E-state index contributed by atoms with van der Waals surface area (Å²) < 4.78 is 0. The second-order valence-electron chi connectivity index (χ2n) is 20.6. The van der Waals surface area contributed by atoms with E-state index >= 15 is 0 Å². The molecule has 369 valence electrons. The number of rotatable bonds is 54. The normalized spacial score (nSPS) is 12.9. The summed E-state index contributed by atoms with van der Waals surface area (Å²) >= 11 is 0. The Morgan fingerprint density at radius 1 is 0.270 bits per heavy atom. The van der Waals surface area contributed by atoms with Gasteiger partial charge in [-0.25, -0.2) is 0 Å². The Morgan fingerprint density at radius 3 is 0.714 bits per heavy atom. The van der Waals surface area contributed by atoms with Crippen molar-refractivity contribution < 1.29 is 0 Å². The molecule has 0 aromatic carbocycles. The molecule has 63 heavy (non-hydrogen) atoms. The van der Waals surface area contributed by atoms with Crippen molar-refractivity contribution in [2.45, 2.75) is 348 Å². The molecule has 1 heteroatoms. The lowest BCUT2D eigenvalue weighted by molar-refractivity contribution is 0.516. The highest BCUT2D eigenvalue weighted by Gasteiger charge is 2.04. The summed E-state index contributed by atoms with van der Waals surface area (Å²) in [5.74, 6) is 0. The van der Waals surface area contributed by atoms with Crippen molar-refractivity contribution in [1.29, 1.82) is 0 Å². The third-order valence-electron chi connectivity index (χ3n) is 14.3. The topological polar surface area (TPSA) is 14.1 Å². The average molecular weight is 876 g/mol. The third-order valence-corrected chi connectivity index (χ3v) is 14.3. The molecule has 0 aromatic rings. The molecule has 0 amide bonds. The van der Waals surface area contributed by atoms with E-state index in [0.29, 0.717) is 0 Å². The van der Waals surface area contributed by atoms with Gasteiger partial charge in [0.1, 0.15) is 0 Å². The summed E-state index contributed by atoms with van der Waals surface area (Å²) in [7, 11) is 0. The predicted octanol–water partition coefficient (Wildman–Crippen LogP) is 22.8. The Balaban J connectivity index is 1.78. The van der Waals surface area contributed by atoms with E-state index in [1.807, 2.05) is 6.20 Å². The van der Waals surface area contributed by atoms with Gasteiger partial charge in [0.2, 0.25) is 0 Å². The number of hydrogen-bond donors (Lipinski definition) is 0. The van der Waals surface area contributed by atoms with Gasteiger partial charge in [-0.2, -0.15) is 0 Å². The molecule has 0 saturated carbocycles. The molecular formula is C62H116N. The van der Waals surface area contributed by atoms with Gasteiger partial charge in [-0.05, 0) is 37.8 Å². The zero-order valence-electron chi connectivity index (χ0n) is 43.7. The van der Waals surface area contributed by atoms with Crippen LogP contribution in [0.1, 0.15) is 348 Å². The Labute approximate surface area is 399 Å². The highest BCUT2D eigenvalue weighted by Crippen LogP contribution is 2.20. The fourth-order valence-corrected chi connectivity index (χ4v) is 9.85. The number of unbranched alkanes of at least 4 members (excludes halogenated alkanes) is 50. The smallest absolute Gasteiger partial charge is 0.0699 e. The summed E-state index contributed by atoms with van der Waals surface area (Å²) in [6.45, 7) is 4.62. The molecule has 0 unspecified atom stereocenters. The zero-order chi connectivity index (χ0) is 44.9. The van der Waals surface area contributed by atoms with Gasteiger partial charge in [0.25, 0.3) is 0 Å². The van der Waals surface area contributed by atoms with Crippen molar-refractivity contribution in [3.05, 3.63) is 47.9 Å². The van der Waals surface area contributed by atoms with Gasteiger partial charge in [0.15, 0.2) is 0 Å². The first kappa shape index (κ1) is 59.8. The van der Waals surface area contributed by atoms with Crippen LogP contribution in [-0.2, 0) is 0 Å². The van der Waals surface area contributed by atoms with E-state index in [9.17, 15) is 0 Å². The molecule has 0 fully saturated rings. The summed E-state index contributed by atoms with van der Waals surface area (Å²) in [5, 5.41) is 4.63. The van der Waals surface area contributed by atoms with Crippen molar-refractivity contribution in [3.63, 3.8) is 0 Å². The Hall–Kier alpha value is -1.24. The maximum atomic E-state index is 4.63. The van der Waals surface area contributed by atoms with E-state index in [1.165, 1.54) is 339 Å². The molecule has 0 spiro atoms. The number of nitrogens with zero attached hydrogens (tertiary/aromatic N) is 1. The Bertz CT molecular complexity index is 983. The van der Waals surface area contributed by atoms with Crippen LogP contribution < -0.4 is 5.32 Å². The van der Waals surface area contributed by atoms with E-state index in [0.717, 1.165) is 5.70 Å². The molecule has 0 saturated heterocycles. The Morgan fingerprint density at radius 2 is 0.476 bits per heavy atom.